The SMILES string of the molecule is COc1ccc(OC)c(Nc2cc(C(=O)Nc3ccc(N(C)C)cc3)ncn2)c1. The molecule has 0 unspecified atom stereocenters. The number of methoxy groups -OCH3 is 2. The molecule has 0 saturated heterocycles. The van der Waals surface area contributed by atoms with E-state index >= 15 is 0 Å². The third kappa shape index (κ3) is 4.92. The minimum atomic E-state index is -0.328. The summed E-state index contributed by atoms with van der Waals surface area (Å²) in [6.45, 7) is 0. The summed E-state index contributed by atoms with van der Waals surface area (Å²) in [5.41, 5.74) is 2.63. The number of carbonyl (C=O) groups excluding carboxylic acids is 1. The predicted molar refractivity (Wildman–Crippen MR) is 114 cm³/mol. The minimum absolute atomic E-state index is 0.237. The van der Waals surface area contributed by atoms with E-state index in [1.165, 1.54) is 6.33 Å². The number of anilines is 4. The third-order valence-electron chi connectivity index (χ3n) is 4.21. The van der Waals surface area contributed by atoms with Crippen molar-refractivity contribution < 1.29 is 14.3 Å². The van der Waals surface area contributed by atoms with Gasteiger partial charge in [0, 0.05) is 37.6 Å². The highest BCUT2D eigenvalue weighted by atomic mass is 16.5. The van der Waals surface area contributed by atoms with Crippen molar-refractivity contribution in [2.24, 2.45) is 0 Å². The van der Waals surface area contributed by atoms with Gasteiger partial charge in [-0.15, -0.1) is 0 Å². The maximum atomic E-state index is 12.6. The zero-order chi connectivity index (χ0) is 20.8. The molecule has 0 aliphatic heterocycles. The smallest absolute Gasteiger partial charge is 0.274 e. The highest BCUT2D eigenvalue weighted by Crippen LogP contribution is 2.31. The fourth-order valence-electron chi connectivity index (χ4n) is 2.64. The van der Waals surface area contributed by atoms with E-state index in [0.717, 1.165) is 5.69 Å². The molecule has 0 saturated carbocycles. The second-order valence-electron chi connectivity index (χ2n) is 6.38. The van der Waals surface area contributed by atoms with Gasteiger partial charge in [0.1, 0.15) is 29.3 Å². The second kappa shape index (κ2) is 8.92. The lowest BCUT2D eigenvalue weighted by molar-refractivity contribution is 0.102. The van der Waals surface area contributed by atoms with Gasteiger partial charge >= 0.3 is 0 Å². The van der Waals surface area contributed by atoms with Crippen LogP contribution in [0.2, 0.25) is 0 Å². The average Bonchev–Trinajstić information content (AvgIpc) is 2.74. The number of rotatable bonds is 7. The fraction of sp³-hybridized carbons (Fsp3) is 0.190. The van der Waals surface area contributed by atoms with Crippen molar-refractivity contribution in [2.45, 2.75) is 0 Å². The van der Waals surface area contributed by atoms with Crippen LogP contribution in [0.3, 0.4) is 0 Å². The van der Waals surface area contributed by atoms with Crippen molar-refractivity contribution in [1.29, 1.82) is 0 Å². The lowest BCUT2D eigenvalue weighted by Gasteiger charge is -2.13. The Morgan fingerprint density at radius 3 is 2.38 bits per heavy atom. The quantitative estimate of drug-likeness (QED) is 0.634. The molecule has 2 N–H and O–H groups in total. The molecular weight excluding hydrogens is 370 g/mol. The van der Waals surface area contributed by atoms with Crippen LogP contribution in [0.25, 0.3) is 0 Å². The van der Waals surface area contributed by atoms with E-state index in [0.29, 0.717) is 28.7 Å². The van der Waals surface area contributed by atoms with Crippen LogP contribution in [0.5, 0.6) is 11.5 Å². The van der Waals surface area contributed by atoms with Crippen LogP contribution in [0.4, 0.5) is 22.9 Å². The predicted octanol–water partition coefficient (Wildman–Crippen LogP) is 3.56. The Morgan fingerprint density at radius 1 is 0.966 bits per heavy atom. The monoisotopic (exact) mass is 393 g/mol. The zero-order valence-corrected chi connectivity index (χ0v) is 16.8. The molecule has 0 aliphatic carbocycles. The Morgan fingerprint density at radius 2 is 1.72 bits per heavy atom. The maximum Gasteiger partial charge on any atom is 0.274 e. The number of hydrogen-bond donors (Lipinski definition) is 2. The van der Waals surface area contributed by atoms with Gasteiger partial charge in [0.15, 0.2) is 0 Å². The molecule has 3 rings (SSSR count). The Balaban J connectivity index is 1.76. The van der Waals surface area contributed by atoms with Gasteiger partial charge in [0.2, 0.25) is 0 Å². The van der Waals surface area contributed by atoms with Crippen LogP contribution in [0, 0.1) is 0 Å². The first-order chi connectivity index (χ1) is 14.0. The molecule has 1 aromatic heterocycles. The second-order valence-corrected chi connectivity index (χ2v) is 6.38. The normalized spacial score (nSPS) is 10.2. The van der Waals surface area contributed by atoms with Gasteiger partial charge in [-0.25, -0.2) is 9.97 Å². The van der Waals surface area contributed by atoms with E-state index < -0.39 is 0 Å². The highest BCUT2D eigenvalue weighted by Gasteiger charge is 2.11. The first-order valence-corrected chi connectivity index (χ1v) is 8.90. The number of hydrogen-bond acceptors (Lipinski definition) is 7. The first kappa shape index (κ1) is 19.9. The van der Waals surface area contributed by atoms with Gasteiger partial charge in [0.05, 0.1) is 19.9 Å². The first-order valence-electron chi connectivity index (χ1n) is 8.90. The van der Waals surface area contributed by atoms with Gasteiger partial charge in [-0.1, -0.05) is 0 Å². The van der Waals surface area contributed by atoms with Crippen molar-refractivity contribution in [3.63, 3.8) is 0 Å². The molecule has 0 aliphatic rings. The molecule has 0 atom stereocenters. The molecule has 8 heteroatoms. The van der Waals surface area contributed by atoms with Gasteiger partial charge in [0.25, 0.3) is 5.91 Å². The van der Waals surface area contributed by atoms with E-state index in [-0.39, 0.29) is 11.6 Å². The van der Waals surface area contributed by atoms with E-state index in [4.69, 9.17) is 9.47 Å². The summed E-state index contributed by atoms with van der Waals surface area (Å²) in [7, 11) is 7.08. The van der Waals surface area contributed by atoms with Crippen molar-refractivity contribution in [3.05, 3.63) is 60.6 Å². The molecular formula is C21H23N5O3. The third-order valence-corrected chi connectivity index (χ3v) is 4.21. The van der Waals surface area contributed by atoms with Crippen LogP contribution in [0.1, 0.15) is 10.5 Å². The van der Waals surface area contributed by atoms with Crippen LogP contribution in [0.15, 0.2) is 54.9 Å². The standard InChI is InChI=1S/C21H23N5O3/c1-26(2)15-7-5-14(6-8-15)24-21(27)18-12-20(23-13-22-18)25-17-11-16(28-3)9-10-19(17)29-4/h5-13H,1-4H3,(H,24,27)(H,22,23,25). The van der Waals surface area contributed by atoms with Crippen LogP contribution in [-0.4, -0.2) is 44.2 Å². The number of nitrogens with one attached hydrogen (secondary N) is 2. The van der Waals surface area contributed by atoms with E-state index in [9.17, 15) is 4.79 Å². The van der Waals surface area contributed by atoms with Gasteiger partial charge in [-0.2, -0.15) is 0 Å². The summed E-state index contributed by atoms with van der Waals surface area (Å²) in [5, 5.41) is 5.97. The van der Waals surface area contributed by atoms with E-state index in [1.54, 1.807) is 38.5 Å². The highest BCUT2D eigenvalue weighted by molar-refractivity contribution is 6.03. The number of nitrogens with zero attached hydrogens (tertiary/aromatic N) is 3. The van der Waals surface area contributed by atoms with Crippen molar-refractivity contribution in [1.82, 2.24) is 9.97 Å². The Hall–Kier alpha value is -3.81. The molecule has 8 nitrogen and oxygen atoms in total. The topological polar surface area (TPSA) is 88.6 Å². The number of ether oxygens (including phenoxy) is 2. The maximum absolute atomic E-state index is 12.6. The molecule has 3 aromatic rings. The number of benzene rings is 2. The summed E-state index contributed by atoms with van der Waals surface area (Å²) in [5.74, 6) is 1.42. The molecule has 2 aromatic carbocycles. The zero-order valence-electron chi connectivity index (χ0n) is 16.8. The fourth-order valence-corrected chi connectivity index (χ4v) is 2.64. The van der Waals surface area contributed by atoms with Crippen molar-refractivity contribution >= 4 is 28.8 Å². The molecule has 1 amide bonds. The number of amides is 1. The van der Waals surface area contributed by atoms with Crippen molar-refractivity contribution in [3.8, 4) is 11.5 Å². The molecule has 29 heavy (non-hydrogen) atoms. The minimum Gasteiger partial charge on any atom is -0.497 e. The Kier molecular flexibility index (Phi) is 6.13. The summed E-state index contributed by atoms with van der Waals surface area (Å²) < 4.78 is 10.6. The summed E-state index contributed by atoms with van der Waals surface area (Å²) in [6.07, 6.45) is 1.33. The van der Waals surface area contributed by atoms with Crippen LogP contribution < -0.4 is 25.0 Å². The van der Waals surface area contributed by atoms with Crippen molar-refractivity contribution in [2.75, 3.05) is 43.8 Å². The lowest BCUT2D eigenvalue weighted by Crippen LogP contribution is -2.14. The molecule has 0 radical (unpaired) electrons. The van der Waals surface area contributed by atoms with Gasteiger partial charge in [-0.3, -0.25) is 4.79 Å². The molecule has 0 spiro atoms. The largest absolute Gasteiger partial charge is 0.497 e. The number of aromatic nitrogens is 2. The average molecular weight is 393 g/mol. The lowest BCUT2D eigenvalue weighted by atomic mass is 10.2. The molecule has 150 valence electrons. The molecule has 0 fully saturated rings. The summed E-state index contributed by atoms with van der Waals surface area (Å²) >= 11 is 0. The van der Waals surface area contributed by atoms with Gasteiger partial charge in [-0.05, 0) is 36.4 Å². The molecule has 0 bridgehead atoms. The molecule has 1 heterocycles. The van der Waals surface area contributed by atoms with Crippen LogP contribution in [-0.2, 0) is 0 Å². The summed E-state index contributed by atoms with van der Waals surface area (Å²) in [6, 6.07) is 14.5. The summed E-state index contributed by atoms with van der Waals surface area (Å²) in [4.78, 5) is 22.8. The Bertz CT molecular complexity index is 990. The van der Waals surface area contributed by atoms with E-state index in [1.807, 2.05) is 43.3 Å². The van der Waals surface area contributed by atoms with Crippen LogP contribution >= 0.6 is 0 Å². The van der Waals surface area contributed by atoms with E-state index in [2.05, 4.69) is 20.6 Å². The Labute approximate surface area is 169 Å². The number of carbonyl (C=O) groups is 1. The van der Waals surface area contributed by atoms with Gasteiger partial charge < -0.3 is 25.0 Å².